The van der Waals surface area contributed by atoms with Crippen LogP contribution in [0, 0.1) is 0 Å². The average Bonchev–Trinajstić information content (AvgIpc) is 3.79. The van der Waals surface area contributed by atoms with Crippen molar-refractivity contribution in [3.63, 3.8) is 0 Å². The SMILES string of the molecule is CCCCC/C=C\C/C=C\CCCCCCCCCCCC(=O)OCCCCCCCCCCCCCCCCCCCCCCCCCCCCCCCCCCCCCCCCCC(=O)NC(CO)C(O)CCCCCCCCCCCCCCCCCCCCC. The summed E-state index contributed by atoms with van der Waals surface area (Å²) in [4.78, 5) is 24.7. The molecule has 0 saturated heterocycles. The largest absolute Gasteiger partial charge is 0.466 e. The Morgan fingerprint density at radius 1 is 0.298 bits per heavy atom. The van der Waals surface area contributed by atoms with Gasteiger partial charge < -0.3 is 20.3 Å². The maximum atomic E-state index is 12.6. The van der Waals surface area contributed by atoms with Gasteiger partial charge in [0.05, 0.1) is 25.4 Å². The van der Waals surface area contributed by atoms with E-state index in [2.05, 4.69) is 43.5 Å². The van der Waals surface area contributed by atoms with E-state index >= 15 is 0 Å². The molecule has 1 amide bonds. The van der Waals surface area contributed by atoms with E-state index in [1.807, 2.05) is 0 Å². The number of esters is 1. The zero-order chi connectivity index (χ0) is 67.7. The summed E-state index contributed by atoms with van der Waals surface area (Å²) in [5.74, 6) is -0.00201. The number of carbonyl (C=O) groups is 2. The minimum Gasteiger partial charge on any atom is -0.466 e. The second-order valence-electron chi connectivity index (χ2n) is 30.2. The summed E-state index contributed by atoms with van der Waals surface area (Å²) in [6.07, 6.45) is 109. The molecule has 0 heterocycles. The first-order valence-corrected chi connectivity index (χ1v) is 43.6. The van der Waals surface area contributed by atoms with Gasteiger partial charge in [0, 0.05) is 12.8 Å². The van der Waals surface area contributed by atoms with Gasteiger partial charge in [-0.15, -0.1) is 0 Å². The Labute approximate surface area is 590 Å². The van der Waals surface area contributed by atoms with E-state index in [-0.39, 0.29) is 18.5 Å². The Kier molecular flexibility index (Phi) is 82.3. The van der Waals surface area contributed by atoms with Crippen molar-refractivity contribution in [3.8, 4) is 0 Å². The van der Waals surface area contributed by atoms with Crippen LogP contribution in [0.25, 0.3) is 0 Å². The molecule has 2 unspecified atom stereocenters. The highest BCUT2D eigenvalue weighted by molar-refractivity contribution is 5.76. The Morgan fingerprint density at radius 2 is 0.532 bits per heavy atom. The van der Waals surface area contributed by atoms with Crippen LogP contribution in [-0.4, -0.2) is 47.4 Å². The number of hydrogen-bond acceptors (Lipinski definition) is 5. The Hall–Kier alpha value is -1.66. The normalized spacial score (nSPS) is 12.5. The molecule has 0 aliphatic carbocycles. The van der Waals surface area contributed by atoms with Crippen LogP contribution in [0.2, 0.25) is 0 Å². The Balaban J connectivity index is 3.29. The highest BCUT2D eigenvalue weighted by Gasteiger charge is 2.20. The number of allylic oxidation sites excluding steroid dienone is 4. The van der Waals surface area contributed by atoms with Crippen molar-refractivity contribution in [2.24, 2.45) is 0 Å². The molecule has 0 saturated carbocycles. The van der Waals surface area contributed by atoms with Crippen molar-refractivity contribution < 1.29 is 24.5 Å². The first kappa shape index (κ1) is 92.3. The summed E-state index contributed by atoms with van der Waals surface area (Å²) < 4.78 is 5.52. The van der Waals surface area contributed by atoms with Crippen LogP contribution in [0.3, 0.4) is 0 Å². The van der Waals surface area contributed by atoms with Crippen molar-refractivity contribution in [2.45, 2.75) is 514 Å². The van der Waals surface area contributed by atoms with Gasteiger partial charge >= 0.3 is 5.97 Å². The molecule has 6 nitrogen and oxygen atoms in total. The smallest absolute Gasteiger partial charge is 0.305 e. The maximum Gasteiger partial charge on any atom is 0.305 e. The minimum absolute atomic E-state index is 0.0214. The minimum atomic E-state index is -0.660. The standard InChI is InChI=1S/C88H171NO5/c1-3-5-7-9-11-13-15-17-19-21-44-48-52-56-60-64-68-72-76-80-86(91)85(84-90)89-87(92)81-77-73-69-65-61-57-53-49-46-42-40-38-36-34-32-30-28-26-24-23-25-27-29-31-33-35-37-39-41-43-47-51-55-59-63-67-71-75-79-83-94-88(93)82-78-74-70-66-62-58-54-50-45-22-20-18-16-14-12-10-8-6-4-2/h12,14,18,20,85-86,90-91H,3-11,13,15-17,19,21-84H2,1-2H3,(H,89,92)/b14-12-,20-18-. The quantitative estimate of drug-likeness (QED) is 0.0320. The lowest BCUT2D eigenvalue weighted by Gasteiger charge is -2.22. The average molecular weight is 1320 g/mol. The van der Waals surface area contributed by atoms with Crippen molar-refractivity contribution >= 4 is 11.9 Å². The molecule has 2 atom stereocenters. The highest BCUT2D eigenvalue weighted by Crippen LogP contribution is 2.21. The van der Waals surface area contributed by atoms with E-state index in [0.717, 1.165) is 44.9 Å². The number of nitrogens with one attached hydrogen (secondary N) is 1. The molecule has 6 heteroatoms. The van der Waals surface area contributed by atoms with Crippen LogP contribution < -0.4 is 5.32 Å². The number of ether oxygens (including phenoxy) is 1. The molecule has 0 aromatic carbocycles. The monoisotopic (exact) mass is 1320 g/mol. The van der Waals surface area contributed by atoms with Gasteiger partial charge in [0.15, 0.2) is 0 Å². The number of hydrogen-bond donors (Lipinski definition) is 3. The summed E-state index contributed by atoms with van der Waals surface area (Å²) in [7, 11) is 0. The third kappa shape index (κ3) is 79.3. The first-order chi connectivity index (χ1) is 46.5. The van der Waals surface area contributed by atoms with Crippen LogP contribution in [0.15, 0.2) is 24.3 Å². The lowest BCUT2D eigenvalue weighted by molar-refractivity contribution is -0.143. The third-order valence-corrected chi connectivity index (χ3v) is 20.8. The molecular formula is C88H171NO5. The van der Waals surface area contributed by atoms with Gasteiger partial charge in [-0.1, -0.05) is 456 Å². The van der Waals surface area contributed by atoms with E-state index < -0.39 is 12.1 Å². The molecule has 0 fully saturated rings. The highest BCUT2D eigenvalue weighted by atomic mass is 16.5. The van der Waals surface area contributed by atoms with Gasteiger partial charge in [-0.25, -0.2) is 0 Å². The van der Waals surface area contributed by atoms with Gasteiger partial charge in [-0.2, -0.15) is 0 Å². The molecule has 94 heavy (non-hydrogen) atoms. The fourth-order valence-corrected chi connectivity index (χ4v) is 14.1. The maximum absolute atomic E-state index is 12.6. The molecule has 0 aromatic heterocycles. The predicted octanol–water partition coefficient (Wildman–Crippen LogP) is 29.2. The van der Waals surface area contributed by atoms with Crippen LogP contribution >= 0.6 is 0 Å². The van der Waals surface area contributed by atoms with Gasteiger partial charge in [-0.3, -0.25) is 9.59 Å². The van der Waals surface area contributed by atoms with E-state index in [4.69, 9.17) is 4.74 Å². The molecule has 0 aliphatic heterocycles. The van der Waals surface area contributed by atoms with E-state index in [1.54, 1.807) is 0 Å². The number of aliphatic hydroxyl groups excluding tert-OH is 2. The van der Waals surface area contributed by atoms with E-state index in [0.29, 0.717) is 25.9 Å². The molecule has 0 aliphatic rings. The lowest BCUT2D eigenvalue weighted by Crippen LogP contribution is -2.45. The second-order valence-corrected chi connectivity index (χ2v) is 30.2. The van der Waals surface area contributed by atoms with Gasteiger partial charge in [-0.05, 0) is 57.8 Å². The van der Waals surface area contributed by atoms with Crippen LogP contribution in [0.4, 0.5) is 0 Å². The fraction of sp³-hybridized carbons (Fsp3) is 0.932. The Morgan fingerprint density at radius 3 is 0.830 bits per heavy atom. The molecule has 3 N–H and O–H groups in total. The predicted molar refractivity (Wildman–Crippen MR) is 417 cm³/mol. The van der Waals surface area contributed by atoms with Crippen molar-refractivity contribution in [3.05, 3.63) is 24.3 Å². The van der Waals surface area contributed by atoms with E-state index in [9.17, 15) is 19.8 Å². The zero-order valence-electron chi connectivity index (χ0n) is 64.2. The van der Waals surface area contributed by atoms with Crippen molar-refractivity contribution in [1.29, 1.82) is 0 Å². The fourth-order valence-electron chi connectivity index (χ4n) is 14.1. The van der Waals surface area contributed by atoms with Crippen LogP contribution in [0.5, 0.6) is 0 Å². The van der Waals surface area contributed by atoms with Crippen molar-refractivity contribution in [2.75, 3.05) is 13.2 Å². The summed E-state index contributed by atoms with van der Waals surface area (Å²) in [6.45, 7) is 4.99. The molecule has 0 rings (SSSR count). The molecule has 0 spiro atoms. The lowest BCUT2D eigenvalue weighted by atomic mass is 10.0. The summed E-state index contributed by atoms with van der Waals surface area (Å²) in [5, 5.41) is 23.5. The van der Waals surface area contributed by atoms with Crippen LogP contribution in [-0.2, 0) is 14.3 Å². The number of aliphatic hydroxyl groups is 2. The number of unbranched alkanes of at least 4 members (excludes halogenated alkanes) is 68. The molecular weight excluding hydrogens is 1150 g/mol. The first-order valence-electron chi connectivity index (χ1n) is 43.6. The topological polar surface area (TPSA) is 95.9 Å². The number of carbonyl (C=O) groups excluding carboxylic acids is 2. The van der Waals surface area contributed by atoms with Gasteiger partial charge in [0.1, 0.15) is 0 Å². The summed E-state index contributed by atoms with van der Waals surface area (Å²) >= 11 is 0. The van der Waals surface area contributed by atoms with Gasteiger partial charge in [0.25, 0.3) is 0 Å². The summed E-state index contributed by atoms with van der Waals surface area (Å²) in [5.41, 5.74) is 0. The molecule has 0 aromatic rings. The molecule has 0 bridgehead atoms. The molecule has 558 valence electrons. The summed E-state index contributed by atoms with van der Waals surface area (Å²) in [6, 6.07) is -0.537. The zero-order valence-corrected chi connectivity index (χ0v) is 64.2. The number of amides is 1. The van der Waals surface area contributed by atoms with Gasteiger partial charge in [0.2, 0.25) is 5.91 Å². The second kappa shape index (κ2) is 83.8. The molecule has 0 radical (unpaired) electrons. The Bertz CT molecular complexity index is 1480. The van der Waals surface area contributed by atoms with Crippen LogP contribution in [0.1, 0.15) is 502 Å². The number of rotatable bonds is 83. The van der Waals surface area contributed by atoms with Crippen molar-refractivity contribution in [1.82, 2.24) is 5.32 Å². The van der Waals surface area contributed by atoms with E-state index in [1.165, 1.54) is 424 Å². The third-order valence-electron chi connectivity index (χ3n) is 20.8.